The average Bonchev–Trinajstić information content (AvgIpc) is 2.26. The Balaban J connectivity index is 2.36. The number of hydrogen-bond donors (Lipinski definition) is 2. The fraction of sp³-hybridized carbons (Fsp3) is 0.900. The molecule has 0 aromatic heterocycles. The maximum atomic E-state index is 11.2. The SMILES string of the molecule is CCCNC(CN1CCS(=O)CC1)C(=O)O. The quantitative estimate of drug-likeness (QED) is 0.663. The van der Waals surface area contributed by atoms with Crippen LogP contribution < -0.4 is 5.32 Å². The molecule has 1 heterocycles. The number of carboxylic acids is 1. The Labute approximate surface area is 98.7 Å². The first-order valence-electron chi connectivity index (χ1n) is 5.67. The molecule has 1 unspecified atom stereocenters. The maximum Gasteiger partial charge on any atom is 0.322 e. The molecule has 0 aromatic carbocycles. The summed E-state index contributed by atoms with van der Waals surface area (Å²) in [6.45, 7) is 4.72. The van der Waals surface area contributed by atoms with Crippen molar-refractivity contribution in [1.82, 2.24) is 10.2 Å². The zero-order valence-corrected chi connectivity index (χ0v) is 10.5. The van der Waals surface area contributed by atoms with Crippen molar-refractivity contribution in [2.45, 2.75) is 19.4 Å². The largest absolute Gasteiger partial charge is 0.480 e. The molecule has 1 rings (SSSR count). The first-order chi connectivity index (χ1) is 7.63. The Kier molecular flexibility index (Phi) is 5.94. The van der Waals surface area contributed by atoms with Crippen LogP contribution >= 0.6 is 0 Å². The number of nitrogens with one attached hydrogen (secondary N) is 1. The second-order valence-electron chi connectivity index (χ2n) is 3.99. The molecule has 94 valence electrons. The van der Waals surface area contributed by atoms with Gasteiger partial charge in [0.25, 0.3) is 0 Å². The normalized spacial score (nSPS) is 20.8. The van der Waals surface area contributed by atoms with Crippen LogP contribution in [0.5, 0.6) is 0 Å². The monoisotopic (exact) mass is 248 g/mol. The van der Waals surface area contributed by atoms with Crippen LogP contribution in [-0.4, -0.2) is 63.9 Å². The van der Waals surface area contributed by atoms with E-state index >= 15 is 0 Å². The first kappa shape index (κ1) is 13.6. The summed E-state index contributed by atoms with van der Waals surface area (Å²) in [5.74, 6) is 0.528. The summed E-state index contributed by atoms with van der Waals surface area (Å²) in [4.78, 5) is 13.1. The average molecular weight is 248 g/mol. The molecule has 1 aliphatic heterocycles. The van der Waals surface area contributed by atoms with Crippen LogP contribution in [0.4, 0.5) is 0 Å². The summed E-state index contributed by atoms with van der Waals surface area (Å²) in [6, 6.07) is -0.508. The third-order valence-corrected chi connectivity index (χ3v) is 3.93. The third kappa shape index (κ3) is 4.59. The van der Waals surface area contributed by atoms with Gasteiger partial charge in [0.1, 0.15) is 6.04 Å². The van der Waals surface area contributed by atoms with E-state index in [4.69, 9.17) is 5.11 Å². The zero-order chi connectivity index (χ0) is 12.0. The van der Waals surface area contributed by atoms with Gasteiger partial charge in [0.15, 0.2) is 0 Å². The number of nitrogens with zero attached hydrogens (tertiary/aromatic N) is 1. The van der Waals surface area contributed by atoms with Gasteiger partial charge in [0.05, 0.1) is 0 Å². The molecule has 0 bridgehead atoms. The molecule has 0 amide bonds. The van der Waals surface area contributed by atoms with Gasteiger partial charge in [-0.15, -0.1) is 0 Å². The molecular formula is C10H20N2O3S. The van der Waals surface area contributed by atoms with Gasteiger partial charge in [-0.3, -0.25) is 13.9 Å². The van der Waals surface area contributed by atoms with Crippen molar-refractivity contribution in [3.8, 4) is 0 Å². The Morgan fingerprint density at radius 3 is 2.62 bits per heavy atom. The highest BCUT2D eigenvalue weighted by molar-refractivity contribution is 7.85. The molecular weight excluding hydrogens is 228 g/mol. The highest BCUT2D eigenvalue weighted by Crippen LogP contribution is 2.01. The van der Waals surface area contributed by atoms with Crippen molar-refractivity contribution < 1.29 is 14.1 Å². The van der Waals surface area contributed by atoms with Crippen LogP contribution in [-0.2, 0) is 15.6 Å². The van der Waals surface area contributed by atoms with Crippen molar-refractivity contribution in [2.24, 2.45) is 0 Å². The highest BCUT2D eigenvalue weighted by Gasteiger charge is 2.22. The topological polar surface area (TPSA) is 69.6 Å². The van der Waals surface area contributed by atoms with Crippen LogP contribution in [0.15, 0.2) is 0 Å². The van der Waals surface area contributed by atoms with Crippen LogP contribution in [0.1, 0.15) is 13.3 Å². The lowest BCUT2D eigenvalue weighted by atomic mass is 10.2. The fourth-order valence-corrected chi connectivity index (χ4v) is 2.79. The summed E-state index contributed by atoms with van der Waals surface area (Å²) in [5, 5.41) is 12.0. The molecule has 16 heavy (non-hydrogen) atoms. The van der Waals surface area contributed by atoms with E-state index in [0.717, 1.165) is 26.1 Å². The lowest BCUT2D eigenvalue weighted by Crippen LogP contribution is -2.49. The molecule has 0 radical (unpaired) electrons. The summed E-state index contributed by atoms with van der Waals surface area (Å²) in [6.07, 6.45) is 0.924. The first-order valence-corrected chi connectivity index (χ1v) is 7.15. The second-order valence-corrected chi connectivity index (χ2v) is 5.69. The lowest BCUT2D eigenvalue weighted by Gasteiger charge is -2.28. The maximum absolute atomic E-state index is 11.2. The molecule has 6 heteroatoms. The van der Waals surface area contributed by atoms with E-state index in [1.165, 1.54) is 0 Å². The van der Waals surface area contributed by atoms with Gasteiger partial charge in [-0.1, -0.05) is 6.92 Å². The molecule has 1 atom stereocenters. The molecule has 0 saturated carbocycles. The Hall–Kier alpha value is -0.460. The van der Waals surface area contributed by atoms with Crippen molar-refractivity contribution in [3.63, 3.8) is 0 Å². The van der Waals surface area contributed by atoms with E-state index in [-0.39, 0.29) is 0 Å². The van der Waals surface area contributed by atoms with E-state index in [1.807, 2.05) is 6.92 Å². The summed E-state index contributed by atoms with van der Waals surface area (Å²) in [7, 11) is -0.701. The predicted octanol–water partition coefficient (Wildman–Crippen LogP) is -0.496. The minimum atomic E-state index is -0.805. The van der Waals surface area contributed by atoms with Crippen molar-refractivity contribution in [2.75, 3.05) is 37.7 Å². The summed E-state index contributed by atoms with van der Waals surface area (Å²) in [5.41, 5.74) is 0. The molecule has 0 aliphatic carbocycles. The number of hydrogen-bond acceptors (Lipinski definition) is 4. The molecule has 1 fully saturated rings. The van der Waals surface area contributed by atoms with E-state index in [0.29, 0.717) is 18.1 Å². The van der Waals surface area contributed by atoms with Crippen LogP contribution in [0.25, 0.3) is 0 Å². The van der Waals surface area contributed by atoms with Crippen molar-refractivity contribution in [1.29, 1.82) is 0 Å². The lowest BCUT2D eigenvalue weighted by molar-refractivity contribution is -0.140. The zero-order valence-electron chi connectivity index (χ0n) is 9.65. The third-order valence-electron chi connectivity index (χ3n) is 2.65. The van der Waals surface area contributed by atoms with Gasteiger partial charge in [-0.25, -0.2) is 0 Å². The number of carboxylic acid groups (broad SMARTS) is 1. The van der Waals surface area contributed by atoms with E-state index in [1.54, 1.807) is 0 Å². The summed E-state index contributed by atoms with van der Waals surface area (Å²) < 4.78 is 11.2. The minimum absolute atomic E-state index is 0.506. The highest BCUT2D eigenvalue weighted by atomic mass is 32.2. The molecule has 0 aromatic rings. The summed E-state index contributed by atoms with van der Waals surface area (Å²) >= 11 is 0. The standard InChI is InChI=1S/C10H20N2O3S/c1-2-3-11-9(10(13)14)8-12-4-6-16(15)7-5-12/h9,11H,2-8H2,1H3,(H,13,14). The van der Waals surface area contributed by atoms with Crippen molar-refractivity contribution in [3.05, 3.63) is 0 Å². The van der Waals surface area contributed by atoms with Gasteiger partial charge < -0.3 is 10.4 Å². The van der Waals surface area contributed by atoms with E-state index in [9.17, 15) is 9.00 Å². The predicted molar refractivity (Wildman–Crippen MR) is 64.0 cm³/mol. The van der Waals surface area contributed by atoms with Gasteiger partial charge >= 0.3 is 5.97 Å². The Morgan fingerprint density at radius 1 is 1.50 bits per heavy atom. The van der Waals surface area contributed by atoms with Crippen LogP contribution in [0.2, 0.25) is 0 Å². The molecule has 5 nitrogen and oxygen atoms in total. The van der Waals surface area contributed by atoms with E-state index < -0.39 is 22.8 Å². The van der Waals surface area contributed by atoms with Crippen LogP contribution in [0.3, 0.4) is 0 Å². The number of carbonyl (C=O) groups is 1. The van der Waals surface area contributed by atoms with Gasteiger partial charge in [0.2, 0.25) is 0 Å². The van der Waals surface area contributed by atoms with Gasteiger partial charge in [-0.05, 0) is 13.0 Å². The van der Waals surface area contributed by atoms with Gasteiger partial charge in [0, 0.05) is 41.9 Å². The number of rotatable bonds is 6. The smallest absolute Gasteiger partial charge is 0.322 e. The van der Waals surface area contributed by atoms with E-state index in [2.05, 4.69) is 10.2 Å². The van der Waals surface area contributed by atoms with Crippen molar-refractivity contribution >= 4 is 16.8 Å². The molecule has 1 aliphatic rings. The Bertz CT molecular complexity index is 250. The van der Waals surface area contributed by atoms with Gasteiger partial charge in [-0.2, -0.15) is 0 Å². The molecule has 0 spiro atoms. The molecule has 2 N–H and O–H groups in total. The fourth-order valence-electron chi connectivity index (χ4n) is 1.66. The van der Waals surface area contributed by atoms with Crippen LogP contribution in [0, 0.1) is 0 Å². The Morgan fingerprint density at radius 2 is 2.12 bits per heavy atom. The number of aliphatic carboxylic acids is 1. The minimum Gasteiger partial charge on any atom is -0.480 e. The molecule has 1 saturated heterocycles. The second kappa shape index (κ2) is 6.98.